The number of hydrogen-bond donors (Lipinski definition) is 1. The van der Waals surface area contributed by atoms with Gasteiger partial charge >= 0.3 is 0 Å². The lowest BCUT2D eigenvalue weighted by molar-refractivity contribution is 0.210. The highest BCUT2D eigenvalue weighted by atomic mass is 16.5. The maximum absolute atomic E-state index is 5.03. The lowest BCUT2D eigenvalue weighted by Gasteiger charge is -2.16. The molecule has 1 unspecified atom stereocenters. The molecule has 0 fully saturated rings. The third-order valence-electron chi connectivity index (χ3n) is 3.21. The number of unbranched alkanes of at least 4 members (excludes halogenated alkanes) is 3. The van der Waals surface area contributed by atoms with Gasteiger partial charge in [0, 0.05) is 32.1 Å². The smallest absolute Gasteiger partial charge is 0.203 e. The van der Waals surface area contributed by atoms with Gasteiger partial charge in [-0.25, -0.2) is 4.98 Å². The monoisotopic (exact) mass is 253 g/mol. The van der Waals surface area contributed by atoms with E-state index in [0.717, 1.165) is 12.5 Å². The number of ether oxygens (including phenoxy) is 1. The maximum Gasteiger partial charge on any atom is 0.203 e. The Labute approximate surface area is 111 Å². The van der Waals surface area contributed by atoms with Crippen LogP contribution in [0.5, 0.6) is 0 Å². The molecule has 0 saturated carbocycles. The summed E-state index contributed by atoms with van der Waals surface area (Å²) in [5.74, 6) is 0.954. The predicted octanol–water partition coefficient (Wildman–Crippen LogP) is 3.47. The third-order valence-corrected chi connectivity index (χ3v) is 3.21. The molecule has 1 atom stereocenters. The van der Waals surface area contributed by atoms with Crippen LogP contribution < -0.4 is 5.32 Å². The average molecular weight is 253 g/mol. The maximum atomic E-state index is 5.03. The van der Waals surface area contributed by atoms with Gasteiger partial charge in [0.2, 0.25) is 5.95 Å². The summed E-state index contributed by atoms with van der Waals surface area (Å²) >= 11 is 0. The van der Waals surface area contributed by atoms with Crippen LogP contribution in [0.2, 0.25) is 0 Å². The Bertz CT molecular complexity index is 312. The second kappa shape index (κ2) is 8.97. The molecule has 0 saturated heterocycles. The molecule has 104 valence electrons. The predicted molar refractivity (Wildman–Crippen MR) is 76.1 cm³/mol. The second-order valence-electron chi connectivity index (χ2n) is 4.78. The standard InChI is InChI=1S/C14H27N3O/c1-4-5-6-7-8-13(2)17-11-9-15-14(17)16-10-12-18-3/h9,11,13H,4-8,10,12H2,1-3H3,(H,15,16). The number of nitrogens with zero attached hydrogens (tertiary/aromatic N) is 2. The first kappa shape index (κ1) is 15.0. The zero-order valence-corrected chi connectivity index (χ0v) is 12.0. The van der Waals surface area contributed by atoms with E-state index < -0.39 is 0 Å². The number of nitrogens with one attached hydrogen (secondary N) is 1. The molecule has 0 amide bonds. The van der Waals surface area contributed by atoms with Crippen molar-refractivity contribution in [2.45, 2.75) is 52.0 Å². The Morgan fingerprint density at radius 3 is 2.94 bits per heavy atom. The van der Waals surface area contributed by atoms with Crippen LogP contribution in [0, 0.1) is 0 Å². The van der Waals surface area contributed by atoms with Gasteiger partial charge in [-0.1, -0.05) is 32.6 Å². The minimum absolute atomic E-state index is 0.509. The molecule has 0 aliphatic rings. The quantitative estimate of drug-likeness (QED) is 0.649. The van der Waals surface area contributed by atoms with Crippen molar-refractivity contribution in [2.75, 3.05) is 25.6 Å². The largest absolute Gasteiger partial charge is 0.383 e. The topological polar surface area (TPSA) is 39.1 Å². The lowest BCUT2D eigenvalue weighted by Crippen LogP contribution is -2.14. The van der Waals surface area contributed by atoms with Crippen molar-refractivity contribution >= 4 is 5.95 Å². The Kier molecular flexibility index (Phi) is 7.49. The van der Waals surface area contributed by atoms with Gasteiger partial charge in [-0.05, 0) is 13.3 Å². The average Bonchev–Trinajstić information content (AvgIpc) is 2.83. The van der Waals surface area contributed by atoms with Crippen LogP contribution in [0.1, 0.15) is 52.0 Å². The molecule has 0 aliphatic heterocycles. The summed E-state index contributed by atoms with van der Waals surface area (Å²) in [6.45, 7) is 6.01. The Balaban J connectivity index is 2.36. The molecule has 1 rings (SSSR count). The first-order valence-corrected chi connectivity index (χ1v) is 7.05. The minimum atomic E-state index is 0.509. The summed E-state index contributed by atoms with van der Waals surface area (Å²) in [6, 6.07) is 0.509. The molecule has 0 aliphatic carbocycles. The fourth-order valence-corrected chi connectivity index (χ4v) is 2.08. The first-order valence-electron chi connectivity index (χ1n) is 7.05. The number of methoxy groups -OCH3 is 1. The second-order valence-corrected chi connectivity index (χ2v) is 4.78. The van der Waals surface area contributed by atoms with Gasteiger partial charge in [-0.3, -0.25) is 0 Å². The molecule has 4 nitrogen and oxygen atoms in total. The van der Waals surface area contributed by atoms with Crippen molar-refractivity contribution in [3.8, 4) is 0 Å². The van der Waals surface area contributed by atoms with Crippen LogP contribution in [-0.4, -0.2) is 29.8 Å². The van der Waals surface area contributed by atoms with Crippen LogP contribution >= 0.6 is 0 Å². The summed E-state index contributed by atoms with van der Waals surface area (Å²) < 4.78 is 7.26. The Hall–Kier alpha value is -1.03. The Morgan fingerprint density at radius 2 is 2.22 bits per heavy atom. The summed E-state index contributed by atoms with van der Waals surface area (Å²) in [5.41, 5.74) is 0. The summed E-state index contributed by atoms with van der Waals surface area (Å²) in [6.07, 6.45) is 10.4. The zero-order valence-electron chi connectivity index (χ0n) is 12.0. The van der Waals surface area contributed by atoms with Gasteiger partial charge in [0.25, 0.3) is 0 Å². The van der Waals surface area contributed by atoms with Gasteiger partial charge in [0.05, 0.1) is 6.61 Å². The molecular formula is C14H27N3O. The molecule has 0 radical (unpaired) electrons. The molecule has 0 bridgehead atoms. The van der Waals surface area contributed by atoms with E-state index in [4.69, 9.17) is 4.74 Å². The molecule has 1 aromatic rings. The SMILES string of the molecule is CCCCCCC(C)n1ccnc1NCCOC. The first-order chi connectivity index (χ1) is 8.79. The summed E-state index contributed by atoms with van der Waals surface area (Å²) in [5, 5.41) is 3.30. The molecule has 0 spiro atoms. The van der Waals surface area contributed by atoms with Gasteiger partial charge < -0.3 is 14.6 Å². The van der Waals surface area contributed by atoms with Crippen LogP contribution in [-0.2, 0) is 4.74 Å². The highest BCUT2D eigenvalue weighted by Gasteiger charge is 2.09. The van der Waals surface area contributed by atoms with Crippen LogP contribution in [0.3, 0.4) is 0 Å². The fourth-order valence-electron chi connectivity index (χ4n) is 2.08. The van der Waals surface area contributed by atoms with Crippen molar-refractivity contribution in [2.24, 2.45) is 0 Å². The molecule has 4 heteroatoms. The van der Waals surface area contributed by atoms with E-state index in [1.54, 1.807) is 7.11 Å². The minimum Gasteiger partial charge on any atom is -0.383 e. The summed E-state index contributed by atoms with van der Waals surface area (Å²) in [7, 11) is 1.71. The Morgan fingerprint density at radius 1 is 1.39 bits per heavy atom. The summed E-state index contributed by atoms with van der Waals surface area (Å²) in [4.78, 5) is 4.35. The van der Waals surface area contributed by atoms with Gasteiger partial charge in [0.1, 0.15) is 0 Å². The zero-order chi connectivity index (χ0) is 13.2. The van der Waals surface area contributed by atoms with Crippen molar-refractivity contribution in [3.63, 3.8) is 0 Å². The molecule has 1 N–H and O–H groups in total. The normalized spacial score (nSPS) is 12.6. The van der Waals surface area contributed by atoms with Crippen molar-refractivity contribution in [3.05, 3.63) is 12.4 Å². The molecular weight excluding hydrogens is 226 g/mol. The molecule has 1 aromatic heterocycles. The van der Waals surface area contributed by atoms with Crippen molar-refractivity contribution in [1.82, 2.24) is 9.55 Å². The number of anilines is 1. The van der Waals surface area contributed by atoms with E-state index in [1.165, 1.54) is 32.1 Å². The van der Waals surface area contributed by atoms with E-state index in [-0.39, 0.29) is 0 Å². The van der Waals surface area contributed by atoms with Crippen molar-refractivity contribution in [1.29, 1.82) is 0 Å². The van der Waals surface area contributed by atoms with Gasteiger partial charge in [0.15, 0.2) is 0 Å². The van der Waals surface area contributed by atoms with Crippen LogP contribution in [0.25, 0.3) is 0 Å². The van der Waals surface area contributed by atoms with E-state index in [1.807, 2.05) is 6.20 Å². The van der Waals surface area contributed by atoms with E-state index in [2.05, 4.69) is 34.9 Å². The van der Waals surface area contributed by atoms with E-state index in [9.17, 15) is 0 Å². The highest BCUT2D eigenvalue weighted by Crippen LogP contribution is 2.19. The van der Waals surface area contributed by atoms with E-state index in [0.29, 0.717) is 12.6 Å². The number of imidazole rings is 1. The number of hydrogen-bond acceptors (Lipinski definition) is 3. The third kappa shape index (κ3) is 5.08. The fraction of sp³-hybridized carbons (Fsp3) is 0.786. The highest BCUT2D eigenvalue weighted by molar-refractivity contribution is 5.26. The van der Waals surface area contributed by atoms with Gasteiger partial charge in [-0.2, -0.15) is 0 Å². The molecule has 18 heavy (non-hydrogen) atoms. The lowest BCUT2D eigenvalue weighted by atomic mass is 10.1. The van der Waals surface area contributed by atoms with Gasteiger partial charge in [-0.15, -0.1) is 0 Å². The number of aromatic nitrogens is 2. The van der Waals surface area contributed by atoms with Crippen LogP contribution in [0.4, 0.5) is 5.95 Å². The number of rotatable bonds is 10. The molecule has 0 aromatic carbocycles. The van der Waals surface area contributed by atoms with Crippen molar-refractivity contribution < 1.29 is 4.74 Å². The molecule has 1 heterocycles. The van der Waals surface area contributed by atoms with Crippen LogP contribution in [0.15, 0.2) is 12.4 Å². The van der Waals surface area contributed by atoms with E-state index >= 15 is 0 Å².